The van der Waals surface area contributed by atoms with Gasteiger partial charge in [0.2, 0.25) is 10.0 Å². The van der Waals surface area contributed by atoms with Crippen molar-refractivity contribution in [2.75, 3.05) is 33.0 Å². The van der Waals surface area contributed by atoms with Gasteiger partial charge in [-0.25, -0.2) is 18.1 Å². The molecule has 3 aromatic rings. The predicted molar refractivity (Wildman–Crippen MR) is 110 cm³/mol. The summed E-state index contributed by atoms with van der Waals surface area (Å²) in [4.78, 5) is 9.91. The van der Waals surface area contributed by atoms with Gasteiger partial charge in [-0.05, 0) is 24.2 Å². The highest BCUT2D eigenvalue weighted by atomic mass is 32.2. The molecule has 28 heavy (non-hydrogen) atoms. The molecule has 148 valence electrons. The van der Waals surface area contributed by atoms with Gasteiger partial charge in [0, 0.05) is 43.5 Å². The predicted octanol–water partition coefficient (Wildman–Crippen LogP) is 2.22. The fourth-order valence-electron chi connectivity index (χ4n) is 3.53. The van der Waals surface area contributed by atoms with Crippen LogP contribution < -0.4 is 9.46 Å². The molecule has 0 aliphatic carbocycles. The zero-order valence-corrected chi connectivity index (χ0v) is 16.8. The molecule has 2 N–H and O–H groups in total. The second-order valence-electron chi connectivity index (χ2n) is 7.42. The highest BCUT2D eigenvalue weighted by Crippen LogP contribution is 2.35. The summed E-state index contributed by atoms with van der Waals surface area (Å²) < 4.78 is 31.1. The molecule has 1 aliphatic heterocycles. The van der Waals surface area contributed by atoms with Crippen LogP contribution in [0.4, 0.5) is 0 Å². The van der Waals surface area contributed by atoms with E-state index < -0.39 is 10.0 Å². The number of H-pyrrole nitrogens is 1. The van der Waals surface area contributed by atoms with Crippen LogP contribution in [0, 0.1) is 5.92 Å². The van der Waals surface area contributed by atoms with Crippen molar-refractivity contribution in [2.24, 2.45) is 5.92 Å². The van der Waals surface area contributed by atoms with Crippen LogP contribution in [-0.2, 0) is 16.6 Å². The maximum atomic E-state index is 11.3. The van der Waals surface area contributed by atoms with Crippen LogP contribution in [-0.4, -0.2) is 56.3 Å². The van der Waals surface area contributed by atoms with E-state index in [0.29, 0.717) is 12.5 Å². The number of aromatic nitrogens is 2. The molecule has 2 aromatic heterocycles. The second kappa shape index (κ2) is 7.54. The summed E-state index contributed by atoms with van der Waals surface area (Å²) in [6, 6.07) is 9.73. The van der Waals surface area contributed by atoms with Crippen molar-refractivity contribution in [3.8, 4) is 16.9 Å². The SMILES string of the molecule is CN1CC(COc2ccnc3[nH]cc(-c4ccc(CNS(C)(=O)=O)cc4)c23)C1. The first-order valence-corrected chi connectivity index (χ1v) is 11.1. The first kappa shape index (κ1) is 18.9. The molecule has 7 nitrogen and oxygen atoms in total. The summed E-state index contributed by atoms with van der Waals surface area (Å²) in [6.07, 6.45) is 4.85. The smallest absolute Gasteiger partial charge is 0.209 e. The third-order valence-corrected chi connectivity index (χ3v) is 5.62. The number of fused-ring (bicyclic) bond motifs is 1. The van der Waals surface area contributed by atoms with Gasteiger partial charge in [0.15, 0.2) is 0 Å². The number of ether oxygens (including phenoxy) is 1. The fourth-order valence-corrected chi connectivity index (χ4v) is 3.96. The van der Waals surface area contributed by atoms with E-state index in [1.165, 1.54) is 0 Å². The zero-order chi connectivity index (χ0) is 19.7. The number of sulfonamides is 1. The molecule has 4 rings (SSSR count). The molecule has 0 spiro atoms. The maximum Gasteiger partial charge on any atom is 0.209 e. The Hall–Kier alpha value is -2.42. The number of benzene rings is 1. The van der Waals surface area contributed by atoms with Crippen LogP contribution in [0.3, 0.4) is 0 Å². The minimum atomic E-state index is -3.21. The van der Waals surface area contributed by atoms with Gasteiger partial charge < -0.3 is 14.6 Å². The van der Waals surface area contributed by atoms with Gasteiger partial charge >= 0.3 is 0 Å². The first-order chi connectivity index (χ1) is 13.4. The summed E-state index contributed by atoms with van der Waals surface area (Å²) in [5.41, 5.74) is 3.74. The molecule has 1 aliphatic rings. The Bertz CT molecular complexity index is 1070. The third-order valence-electron chi connectivity index (χ3n) is 4.95. The van der Waals surface area contributed by atoms with E-state index in [1.54, 1.807) is 6.20 Å². The van der Waals surface area contributed by atoms with E-state index in [2.05, 4.69) is 26.6 Å². The number of nitrogens with one attached hydrogen (secondary N) is 2. The number of aromatic amines is 1. The van der Waals surface area contributed by atoms with Crippen molar-refractivity contribution in [1.82, 2.24) is 19.6 Å². The van der Waals surface area contributed by atoms with E-state index in [1.807, 2.05) is 36.5 Å². The third kappa shape index (κ3) is 4.19. The van der Waals surface area contributed by atoms with E-state index >= 15 is 0 Å². The summed E-state index contributed by atoms with van der Waals surface area (Å²) in [6.45, 7) is 3.11. The van der Waals surface area contributed by atoms with Crippen molar-refractivity contribution in [1.29, 1.82) is 0 Å². The van der Waals surface area contributed by atoms with Crippen molar-refractivity contribution in [2.45, 2.75) is 6.54 Å². The lowest BCUT2D eigenvalue weighted by molar-refractivity contribution is 0.0864. The van der Waals surface area contributed by atoms with Gasteiger partial charge in [-0.3, -0.25) is 0 Å². The van der Waals surface area contributed by atoms with Gasteiger partial charge in [0.1, 0.15) is 11.4 Å². The lowest BCUT2D eigenvalue weighted by Gasteiger charge is -2.35. The summed E-state index contributed by atoms with van der Waals surface area (Å²) in [5.74, 6) is 1.40. The average molecular weight is 401 g/mol. The van der Waals surface area contributed by atoms with Gasteiger partial charge in [-0.1, -0.05) is 24.3 Å². The minimum Gasteiger partial charge on any atom is -0.492 e. The fraction of sp³-hybridized carbons (Fsp3) is 0.350. The Morgan fingerprint density at radius 2 is 2.00 bits per heavy atom. The summed E-state index contributed by atoms with van der Waals surface area (Å²) >= 11 is 0. The molecule has 0 atom stereocenters. The molecule has 3 heterocycles. The first-order valence-electron chi connectivity index (χ1n) is 9.20. The van der Waals surface area contributed by atoms with E-state index in [9.17, 15) is 8.42 Å². The Labute approximate surface area is 164 Å². The Balaban J connectivity index is 1.56. The van der Waals surface area contributed by atoms with E-state index in [-0.39, 0.29) is 6.54 Å². The Morgan fingerprint density at radius 1 is 1.25 bits per heavy atom. The molecule has 1 aromatic carbocycles. The molecule has 8 heteroatoms. The molecule has 0 amide bonds. The number of hydrogen-bond acceptors (Lipinski definition) is 5. The maximum absolute atomic E-state index is 11.3. The van der Waals surface area contributed by atoms with Crippen LogP contribution in [0.25, 0.3) is 22.2 Å². The molecule has 0 unspecified atom stereocenters. The molecule has 0 radical (unpaired) electrons. The van der Waals surface area contributed by atoms with Crippen LogP contribution in [0.5, 0.6) is 5.75 Å². The number of rotatable bonds is 7. The Morgan fingerprint density at radius 3 is 2.68 bits per heavy atom. The summed E-state index contributed by atoms with van der Waals surface area (Å²) in [7, 11) is -1.10. The van der Waals surface area contributed by atoms with Crippen LogP contribution >= 0.6 is 0 Å². The average Bonchev–Trinajstić information content (AvgIpc) is 3.07. The highest BCUT2D eigenvalue weighted by Gasteiger charge is 2.24. The normalized spacial score (nSPS) is 15.6. The van der Waals surface area contributed by atoms with Gasteiger partial charge in [-0.2, -0.15) is 0 Å². The molecule has 0 bridgehead atoms. The van der Waals surface area contributed by atoms with Gasteiger partial charge in [-0.15, -0.1) is 0 Å². The van der Waals surface area contributed by atoms with Gasteiger partial charge in [0.25, 0.3) is 0 Å². The molecule has 1 saturated heterocycles. The number of pyridine rings is 1. The van der Waals surface area contributed by atoms with Crippen molar-refractivity contribution >= 4 is 21.1 Å². The van der Waals surface area contributed by atoms with Crippen LogP contribution in [0.2, 0.25) is 0 Å². The van der Waals surface area contributed by atoms with Crippen LogP contribution in [0.15, 0.2) is 42.7 Å². The topological polar surface area (TPSA) is 87.3 Å². The Kier molecular flexibility index (Phi) is 5.09. The highest BCUT2D eigenvalue weighted by molar-refractivity contribution is 7.88. The lowest BCUT2D eigenvalue weighted by atomic mass is 10.0. The van der Waals surface area contributed by atoms with Gasteiger partial charge in [0.05, 0.1) is 18.2 Å². The minimum absolute atomic E-state index is 0.277. The van der Waals surface area contributed by atoms with Crippen molar-refractivity contribution < 1.29 is 13.2 Å². The number of likely N-dealkylation sites (tertiary alicyclic amines) is 1. The van der Waals surface area contributed by atoms with E-state index in [4.69, 9.17) is 4.74 Å². The lowest BCUT2D eigenvalue weighted by Crippen LogP contribution is -2.46. The second-order valence-corrected chi connectivity index (χ2v) is 9.26. The van der Waals surface area contributed by atoms with Crippen molar-refractivity contribution in [3.63, 3.8) is 0 Å². The zero-order valence-electron chi connectivity index (χ0n) is 16.0. The standard InChI is InChI=1S/C20H24N4O3S/c1-24-11-15(12-24)13-27-18-7-8-21-20-19(18)17(10-22-20)16-5-3-14(4-6-16)9-23-28(2,25)26/h3-8,10,15,23H,9,11-13H2,1-2H3,(H,21,22). The monoisotopic (exact) mass is 400 g/mol. The number of nitrogens with zero attached hydrogens (tertiary/aromatic N) is 2. The molecular formula is C20H24N4O3S. The van der Waals surface area contributed by atoms with Crippen LogP contribution in [0.1, 0.15) is 5.56 Å². The quantitative estimate of drug-likeness (QED) is 0.635. The van der Waals surface area contributed by atoms with E-state index in [0.717, 1.165) is 52.8 Å². The van der Waals surface area contributed by atoms with Crippen molar-refractivity contribution in [3.05, 3.63) is 48.3 Å². The molecular weight excluding hydrogens is 376 g/mol. The molecule has 1 fully saturated rings. The summed E-state index contributed by atoms with van der Waals surface area (Å²) in [5, 5.41) is 0.970. The largest absolute Gasteiger partial charge is 0.492 e. The number of hydrogen-bond donors (Lipinski definition) is 2. The molecule has 0 saturated carbocycles.